The van der Waals surface area contributed by atoms with Crippen molar-refractivity contribution in [3.05, 3.63) is 81.8 Å². The molecule has 0 bridgehead atoms. The van der Waals surface area contributed by atoms with Crippen molar-refractivity contribution in [1.82, 2.24) is 9.80 Å². The van der Waals surface area contributed by atoms with Gasteiger partial charge in [-0.05, 0) is 60.2 Å². The molecule has 3 aromatic rings. The molecule has 0 radical (unpaired) electrons. The third kappa shape index (κ3) is 8.07. The van der Waals surface area contributed by atoms with E-state index in [1.807, 2.05) is 18.4 Å². The number of hydrogen-bond donors (Lipinski definition) is 1. The summed E-state index contributed by atoms with van der Waals surface area (Å²) < 4.78 is 23.8. The van der Waals surface area contributed by atoms with E-state index in [1.54, 1.807) is 66.9 Å². The average molecular weight is 514 g/mol. The lowest BCUT2D eigenvalue weighted by Crippen LogP contribution is -2.44. The van der Waals surface area contributed by atoms with Crippen molar-refractivity contribution in [2.75, 3.05) is 39.2 Å². The second-order valence-corrected chi connectivity index (χ2v) is 9.33. The molecular weight excluding hydrogens is 481 g/mol. The monoisotopic (exact) mass is 513 g/mol. The van der Waals surface area contributed by atoms with Crippen LogP contribution in [0.5, 0.6) is 5.75 Å². The summed E-state index contributed by atoms with van der Waals surface area (Å²) >= 11 is 1.58. The van der Waals surface area contributed by atoms with E-state index >= 15 is 0 Å². The molecule has 1 N–H and O–H groups in total. The third-order valence-corrected chi connectivity index (χ3v) is 6.66. The van der Waals surface area contributed by atoms with Crippen molar-refractivity contribution in [1.29, 1.82) is 0 Å². The Kier molecular flexibility index (Phi) is 10.3. The van der Waals surface area contributed by atoms with Gasteiger partial charge in [-0.2, -0.15) is 0 Å². The number of benzene rings is 2. The smallest absolute Gasteiger partial charge is 0.322 e. The summed E-state index contributed by atoms with van der Waals surface area (Å²) in [6.07, 6.45) is 0.581. The zero-order valence-corrected chi connectivity index (χ0v) is 21.6. The highest BCUT2D eigenvalue weighted by Gasteiger charge is 2.23. The Labute approximate surface area is 215 Å². The molecule has 192 valence electrons. The van der Waals surface area contributed by atoms with Gasteiger partial charge in [-0.1, -0.05) is 18.2 Å². The van der Waals surface area contributed by atoms with Crippen LogP contribution in [-0.4, -0.2) is 55.7 Å². The topological polar surface area (TPSA) is 71.1 Å². The number of halogens is 1. The molecular formula is C27H32FN3O4S. The normalized spacial score (nSPS) is 10.7. The van der Waals surface area contributed by atoms with Gasteiger partial charge < -0.3 is 24.6 Å². The molecule has 9 heteroatoms. The maximum atomic E-state index is 13.5. The number of hydrogen-bond acceptors (Lipinski definition) is 5. The standard InChI is InChI=1S/C27H32FN3O4S/c1-20-12-15-36-25(20)18-31(17-21-8-10-22(28)11-9-21)26(32)19-30(13-5-14-34-2)27(33)29-23-6-4-7-24(16-23)35-3/h4,6-12,15-16H,5,13-14,17-19H2,1-3H3,(H,29,33). The Bertz CT molecular complexity index is 1140. The van der Waals surface area contributed by atoms with Crippen LogP contribution in [-0.2, 0) is 22.6 Å². The molecule has 3 rings (SSSR count). The number of nitrogens with zero attached hydrogens (tertiary/aromatic N) is 2. The van der Waals surface area contributed by atoms with Crippen LogP contribution >= 0.6 is 11.3 Å². The van der Waals surface area contributed by atoms with Crippen molar-refractivity contribution in [3.63, 3.8) is 0 Å². The van der Waals surface area contributed by atoms with Crippen LogP contribution in [0.15, 0.2) is 60.0 Å². The summed E-state index contributed by atoms with van der Waals surface area (Å²) in [4.78, 5) is 30.9. The first-order valence-electron chi connectivity index (χ1n) is 11.6. The Morgan fingerprint density at radius 3 is 2.47 bits per heavy atom. The molecule has 1 aromatic heterocycles. The Morgan fingerprint density at radius 1 is 1.03 bits per heavy atom. The Balaban J connectivity index is 1.77. The first-order valence-corrected chi connectivity index (χ1v) is 12.5. The fraction of sp³-hybridized carbons (Fsp3) is 0.333. The number of aryl methyl sites for hydroxylation is 1. The second-order valence-electron chi connectivity index (χ2n) is 8.33. The molecule has 0 unspecified atom stereocenters. The van der Waals surface area contributed by atoms with Gasteiger partial charge in [-0.15, -0.1) is 11.3 Å². The first-order chi connectivity index (χ1) is 17.4. The van der Waals surface area contributed by atoms with E-state index < -0.39 is 0 Å². The first kappa shape index (κ1) is 27.2. The molecule has 1 heterocycles. The summed E-state index contributed by atoms with van der Waals surface area (Å²) in [5, 5.41) is 4.84. The summed E-state index contributed by atoms with van der Waals surface area (Å²) in [7, 11) is 3.15. The molecule has 7 nitrogen and oxygen atoms in total. The number of anilines is 1. The number of urea groups is 1. The molecule has 0 saturated carbocycles. The maximum absolute atomic E-state index is 13.5. The zero-order valence-electron chi connectivity index (χ0n) is 20.8. The second kappa shape index (κ2) is 13.6. The van der Waals surface area contributed by atoms with Crippen molar-refractivity contribution < 1.29 is 23.5 Å². The van der Waals surface area contributed by atoms with Crippen LogP contribution in [0.4, 0.5) is 14.9 Å². The minimum absolute atomic E-state index is 0.106. The number of rotatable bonds is 12. The van der Waals surface area contributed by atoms with E-state index in [4.69, 9.17) is 9.47 Å². The minimum Gasteiger partial charge on any atom is -0.497 e. The van der Waals surface area contributed by atoms with E-state index in [0.717, 1.165) is 16.0 Å². The predicted octanol–water partition coefficient (Wildman–Crippen LogP) is 5.30. The maximum Gasteiger partial charge on any atom is 0.322 e. The zero-order chi connectivity index (χ0) is 25.9. The number of carbonyl (C=O) groups is 2. The lowest BCUT2D eigenvalue weighted by Gasteiger charge is -2.28. The Hall–Kier alpha value is -3.43. The highest BCUT2D eigenvalue weighted by atomic mass is 32.1. The molecule has 0 aliphatic carbocycles. The quantitative estimate of drug-likeness (QED) is 0.334. The van der Waals surface area contributed by atoms with Crippen LogP contribution in [0, 0.1) is 12.7 Å². The predicted molar refractivity (Wildman–Crippen MR) is 140 cm³/mol. The lowest BCUT2D eigenvalue weighted by atomic mass is 10.2. The van der Waals surface area contributed by atoms with Gasteiger partial charge in [0.05, 0.1) is 13.7 Å². The number of carbonyl (C=O) groups excluding carboxylic acids is 2. The van der Waals surface area contributed by atoms with Crippen LogP contribution in [0.2, 0.25) is 0 Å². The van der Waals surface area contributed by atoms with Crippen LogP contribution < -0.4 is 10.1 Å². The number of nitrogens with one attached hydrogen (secondary N) is 1. The molecule has 0 spiro atoms. The summed E-state index contributed by atoms with van der Waals surface area (Å²) in [6.45, 7) is 3.42. The van der Waals surface area contributed by atoms with Crippen molar-refractivity contribution >= 4 is 29.0 Å². The fourth-order valence-electron chi connectivity index (χ4n) is 3.60. The van der Waals surface area contributed by atoms with E-state index in [1.165, 1.54) is 17.0 Å². The van der Waals surface area contributed by atoms with Gasteiger partial charge in [0, 0.05) is 43.4 Å². The fourth-order valence-corrected chi connectivity index (χ4v) is 4.52. The highest BCUT2D eigenvalue weighted by Crippen LogP contribution is 2.21. The van der Waals surface area contributed by atoms with Crippen molar-refractivity contribution in [2.24, 2.45) is 0 Å². The van der Waals surface area contributed by atoms with Gasteiger partial charge >= 0.3 is 6.03 Å². The molecule has 0 atom stereocenters. The van der Waals surface area contributed by atoms with Gasteiger partial charge in [0.25, 0.3) is 0 Å². The SMILES string of the molecule is COCCCN(CC(=O)N(Cc1ccc(F)cc1)Cc1sccc1C)C(=O)Nc1cccc(OC)c1. The highest BCUT2D eigenvalue weighted by molar-refractivity contribution is 7.10. The van der Waals surface area contributed by atoms with E-state index in [9.17, 15) is 14.0 Å². The van der Waals surface area contributed by atoms with Gasteiger partial charge in [0.1, 0.15) is 18.1 Å². The number of methoxy groups -OCH3 is 2. The van der Waals surface area contributed by atoms with Crippen LogP contribution in [0.25, 0.3) is 0 Å². The van der Waals surface area contributed by atoms with E-state index in [0.29, 0.717) is 44.1 Å². The summed E-state index contributed by atoms with van der Waals surface area (Å²) in [5.74, 6) is 0.0844. The van der Waals surface area contributed by atoms with Gasteiger partial charge in [0.2, 0.25) is 5.91 Å². The molecule has 3 amide bonds. The number of ether oxygens (including phenoxy) is 2. The van der Waals surface area contributed by atoms with Crippen LogP contribution in [0.1, 0.15) is 22.4 Å². The molecule has 0 aliphatic heterocycles. The van der Waals surface area contributed by atoms with Crippen molar-refractivity contribution in [2.45, 2.75) is 26.4 Å². The van der Waals surface area contributed by atoms with E-state index in [2.05, 4.69) is 5.32 Å². The molecule has 0 aliphatic rings. The van der Waals surface area contributed by atoms with Crippen LogP contribution in [0.3, 0.4) is 0 Å². The van der Waals surface area contributed by atoms with Gasteiger partial charge in [-0.3, -0.25) is 4.79 Å². The number of amides is 3. The average Bonchev–Trinajstić information content (AvgIpc) is 3.28. The third-order valence-electron chi connectivity index (χ3n) is 5.65. The lowest BCUT2D eigenvalue weighted by molar-refractivity contribution is -0.133. The molecule has 0 fully saturated rings. The molecule has 0 saturated heterocycles. The Morgan fingerprint density at radius 2 is 1.81 bits per heavy atom. The summed E-state index contributed by atoms with van der Waals surface area (Å²) in [5.41, 5.74) is 2.48. The number of thiophene rings is 1. The van der Waals surface area contributed by atoms with Crippen molar-refractivity contribution in [3.8, 4) is 5.75 Å². The molecule has 36 heavy (non-hydrogen) atoms. The van der Waals surface area contributed by atoms with Gasteiger partial charge in [0.15, 0.2) is 0 Å². The molecule has 2 aromatic carbocycles. The largest absolute Gasteiger partial charge is 0.497 e. The van der Waals surface area contributed by atoms with Gasteiger partial charge in [-0.25, -0.2) is 9.18 Å². The van der Waals surface area contributed by atoms with E-state index in [-0.39, 0.29) is 24.3 Å². The minimum atomic E-state index is -0.387. The summed E-state index contributed by atoms with van der Waals surface area (Å²) in [6, 6.07) is 14.8.